The lowest BCUT2D eigenvalue weighted by atomic mass is 10.0. The number of aliphatic hydroxyl groups is 2. The van der Waals surface area contributed by atoms with Crippen LogP contribution < -0.4 is 28.4 Å². The molecule has 602 valence electrons. The molecule has 0 saturated carbocycles. The molecule has 0 aliphatic rings. The first-order valence-corrected chi connectivity index (χ1v) is 38.7. The average molecular weight is 1690 g/mol. The van der Waals surface area contributed by atoms with Crippen molar-refractivity contribution in [3.05, 3.63) is 235 Å². The van der Waals surface area contributed by atoms with Gasteiger partial charge in [0.25, 0.3) is 0 Å². The van der Waals surface area contributed by atoms with Crippen molar-refractivity contribution in [1.29, 1.82) is 0 Å². The molecule has 14 heterocycles. The van der Waals surface area contributed by atoms with E-state index in [0.717, 1.165) is 93.7 Å². The van der Waals surface area contributed by atoms with Gasteiger partial charge in [0.05, 0.1) is 89.9 Å². The Morgan fingerprint density at radius 1 is 0.391 bits per heavy atom. The molecule has 15 aromatic rings. The van der Waals surface area contributed by atoms with Gasteiger partial charge in [-0.05, 0) is 112 Å². The van der Waals surface area contributed by atoms with Gasteiger partial charge in [-0.3, -0.25) is 67.7 Å². The number of rotatable bonds is 19. The van der Waals surface area contributed by atoms with Gasteiger partial charge in [-0.2, -0.15) is 26.7 Å². The van der Waals surface area contributed by atoms with E-state index in [0.29, 0.717) is 95.3 Å². The third-order valence-electron chi connectivity index (χ3n) is 19.5. The van der Waals surface area contributed by atoms with Crippen LogP contribution in [0.15, 0.2) is 165 Å². The number of aromatic amines is 5. The molecule has 0 amide bonds. The van der Waals surface area contributed by atoms with Gasteiger partial charge in [0, 0.05) is 113 Å². The van der Waals surface area contributed by atoms with Crippen LogP contribution in [0, 0.1) is 13.8 Å². The summed E-state index contributed by atoms with van der Waals surface area (Å²) in [5.41, 5.74) is 11.7. The predicted octanol–water partition coefficient (Wildman–Crippen LogP) is 17.6. The second kappa shape index (κ2) is 38.3. The van der Waals surface area contributed by atoms with E-state index in [9.17, 15) is 42.3 Å². The van der Waals surface area contributed by atoms with Crippen molar-refractivity contribution in [2.45, 2.75) is 144 Å². The smallest absolute Gasteiger partial charge is 0.395 e. The van der Waals surface area contributed by atoms with E-state index in [1.165, 1.54) is 38.4 Å². The number of halogens is 8. The number of fused-ring (bicyclic) bond motifs is 5. The normalized spacial score (nSPS) is 11.7. The molecule has 0 aliphatic carbocycles. The maximum atomic E-state index is 13.0. The van der Waals surface area contributed by atoms with Crippen LogP contribution in [0.25, 0.3) is 112 Å². The number of alkyl halides is 3. The summed E-state index contributed by atoms with van der Waals surface area (Å²) in [7, 11) is 0. The van der Waals surface area contributed by atoms with Gasteiger partial charge in [0.15, 0.2) is 28.2 Å². The van der Waals surface area contributed by atoms with Gasteiger partial charge >= 0.3 is 34.6 Å². The minimum Gasteiger partial charge on any atom is -0.395 e. The standard InChI is InChI=1S/C17H16ClF3N4O.2C17H19ClN4O.C15H15ClN4O2.C14H12ClN3O2.H2S/c1-3-10(4-2)25-14-13(11(18)8-23-15(14)24-16(25)26)9-5-6-22-12(7-9)17(19,20)21;1-4-12(5-2)22-15-14(11-7-6-10(3)19-8-11)13(18)9-20-16(15)21-17(22)23;1-4-11(5-2)22-15-14(13-7-6-10(3)8-19-13)12(18)9-20-16(15)21-17(22)23;1-2-9(8-21)20-13-12(11-5-3-4-6-17-11)10(16)7-18-14(13)19-15(20)22;15-10-8-16-13-12(18(6-7-19)14(20)17-13)11(10)9-4-2-1-3-5-9;/h5-8,10H,3-4H2,1-2H3,(H,23,24,26);6-9,12H,4-5H2,1-3H3,(H,20,21,23);6-9,11H,4-5H2,1-3H3,(H,20,21,23);3-7,9,21H,2,8H2,1H3,(H,18,19,22);1-5,8,19H,6-7H2,(H,16,17,20);1H2/t;;;9-;;/m...1../s1. The molecule has 35 heteroatoms. The van der Waals surface area contributed by atoms with Crippen LogP contribution >= 0.6 is 71.5 Å². The molecular weight excluding hydrogens is 1610 g/mol. The number of nitrogens with zero attached hydrogens (tertiary/aromatic N) is 14. The van der Waals surface area contributed by atoms with Crippen LogP contribution in [-0.2, 0) is 12.7 Å². The first kappa shape index (κ1) is 86.8. The molecular formula is C80H83Cl5F3N19O7S. The van der Waals surface area contributed by atoms with Gasteiger partial charge in [-0.15, -0.1) is 0 Å². The topological polar surface area (TPSA) is 345 Å². The average Bonchev–Trinajstić information content (AvgIpc) is 1.66. The zero-order valence-corrected chi connectivity index (χ0v) is 68.7. The maximum Gasteiger partial charge on any atom is 0.433 e. The molecule has 0 radical (unpaired) electrons. The molecule has 0 aliphatic heterocycles. The quantitative estimate of drug-likeness (QED) is 0.0395. The Labute approximate surface area is 687 Å². The second-order valence-corrected chi connectivity index (χ2v) is 28.5. The van der Waals surface area contributed by atoms with Crippen LogP contribution in [0.2, 0.25) is 25.1 Å². The van der Waals surface area contributed by atoms with Crippen LogP contribution in [0.5, 0.6) is 0 Å². The van der Waals surface area contributed by atoms with E-state index in [1.807, 2.05) is 107 Å². The number of pyridine rings is 9. The number of aryl methyl sites for hydroxylation is 2. The molecule has 0 fully saturated rings. The van der Waals surface area contributed by atoms with Crippen molar-refractivity contribution < 1.29 is 23.4 Å². The molecule has 26 nitrogen and oxygen atoms in total. The monoisotopic (exact) mass is 1690 g/mol. The number of imidazole rings is 5. The Bertz CT molecular complexity index is 6060. The Morgan fingerprint density at radius 3 is 1.18 bits per heavy atom. The molecule has 0 bridgehead atoms. The summed E-state index contributed by atoms with van der Waals surface area (Å²) in [6.07, 6.45) is 14.6. The summed E-state index contributed by atoms with van der Waals surface area (Å²) in [6, 6.07) is 24.9. The van der Waals surface area contributed by atoms with Gasteiger partial charge in [0.2, 0.25) is 0 Å². The van der Waals surface area contributed by atoms with Gasteiger partial charge in [0.1, 0.15) is 5.69 Å². The minimum atomic E-state index is -4.58. The van der Waals surface area contributed by atoms with Gasteiger partial charge < -0.3 is 10.2 Å². The molecule has 1 aromatic carbocycles. The predicted molar refractivity (Wildman–Crippen MR) is 452 cm³/mol. The Hall–Kier alpha value is -10.6. The third kappa shape index (κ3) is 18.3. The summed E-state index contributed by atoms with van der Waals surface area (Å²) in [6.45, 7) is 17.9. The molecule has 15 rings (SSSR count). The fourth-order valence-electron chi connectivity index (χ4n) is 13.8. The summed E-state index contributed by atoms with van der Waals surface area (Å²) in [5, 5.41) is 20.7. The van der Waals surface area contributed by atoms with E-state index < -0.39 is 11.9 Å². The molecule has 1 atom stereocenters. The zero-order chi connectivity index (χ0) is 82.0. The number of nitrogens with one attached hydrogen (secondary N) is 5. The largest absolute Gasteiger partial charge is 0.433 e. The molecule has 0 unspecified atom stereocenters. The SMILES string of the molecule is CCC(CC)n1c(=O)[nH]c2ncc(Cl)c(-c3ccc(C)cn3)c21.CCC(CC)n1c(=O)[nH]c2ncc(Cl)c(-c3ccc(C)nc3)c21.CCC(CC)n1c(=O)[nH]c2ncc(Cl)c(-c3ccnc(C(F)(F)F)c3)c21.CC[C@H](CO)n1c(=O)[nH]c2ncc(Cl)c(-c3ccccn3)c21.O=c1[nH]c2ncc(Cl)c(-c3ccccc3)c2n1CCO.S. The Kier molecular flexibility index (Phi) is 28.9. The number of aliphatic hydroxyl groups excluding tert-OH is 2. The zero-order valence-electron chi connectivity index (χ0n) is 63.9. The fraction of sp³-hybridized carbons (Fsp3) is 0.300. The third-order valence-corrected chi connectivity index (χ3v) is 20.9. The highest BCUT2D eigenvalue weighted by Gasteiger charge is 2.34. The molecule has 0 spiro atoms. The highest BCUT2D eigenvalue weighted by molar-refractivity contribution is 7.59. The number of hydrogen-bond donors (Lipinski definition) is 7. The Morgan fingerprint density at radius 2 is 0.791 bits per heavy atom. The number of H-pyrrole nitrogens is 5. The van der Waals surface area contributed by atoms with Crippen molar-refractivity contribution in [3.8, 4) is 55.9 Å². The number of hydrogen-bond acceptors (Lipinski definition) is 16. The highest BCUT2D eigenvalue weighted by Crippen LogP contribution is 2.41. The van der Waals surface area contributed by atoms with Crippen molar-refractivity contribution in [3.63, 3.8) is 0 Å². The number of benzene rings is 1. The maximum absolute atomic E-state index is 13.0. The Balaban J connectivity index is 0.000000152. The van der Waals surface area contributed by atoms with Crippen LogP contribution in [0.3, 0.4) is 0 Å². The first-order valence-electron chi connectivity index (χ1n) is 36.8. The summed E-state index contributed by atoms with van der Waals surface area (Å²) >= 11 is 31.7. The highest BCUT2D eigenvalue weighted by atomic mass is 35.5. The van der Waals surface area contributed by atoms with Crippen LogP contribution in [-0.4, -0.2) is 116 Å². The molecule has 14 aromatic heterocycles. The van der Waals surface area contributed by atoms with E-state index in [2.05, 4.69) is 97.5 Å². The van der Waals surface area contributed by atoms with E-state index >= 15 is 0 Å². The minimum absolute atomic E-state index is 0. The molecule has 7 N–H and O–H groups in total. The number of aromatic nitrogens is 19. The van der Waals surface area contributed by atoms with E-state index in [-0.39, 0.29) is 102 Å². The summed E-state index contributed by atoms with van der Waals surface area (Å²) in [5.74, 6) is 0. The lowest BCUT2D eigenvalue weighted by Crippen LogP contribution is -2.24. The van der Waals surface area contributed by atoms with Gasteiger partial charge in [-0.1, -0.05) is 155 Å². The molecule has 115 heavy (non-hydrogen) atoms. The van der Waals surface area contributed by atoms with Crippen molar-refractivity contribution in [2.75, 3.05) is 13.2 Å². The van der Waals surface area contributed by atoms with Crippen LogP contribution in [0.1, 0.15) is 135 Å². The lowest BCUT2D eigenvalue weighted by molar-refractivity contribution is -0.141. The van der Waals surface area contributed by atoms with Gasteiger partial charge in [-0.25, -0.2) is 48.9 Å². The van der Waals surface area contributed by atoms with Crippen molar-refractivity contribution in [2.24, 2.45) is 0 Å². The summed E-state index contributed by atoms with van der Waals surface area (Å²) in [4.78, 5) is 113. The molecule has 0 saturated heterocycles. The van der Waals surface area contributed by atoms with E-state index in [1.54, 1.807) is 40.1 Å². The van der Waals surface area contributed by atoms with Crippen molar-refractivity contribution in [1.82, 2.24) is 92.6 Å². The first-order chi connectivity index (χ1) is 54.8. The lowest BCUT2D eigenvalue weighted by Gasteiger charge is -2.17. The fourth-order valence-corrected chi connectivity index (χ4v) is 15.0. The van der Waals surface area contributed by atoms with Crippen LogP contribution in [0.4, 0.5) is 13.2 Å². The second-order valence-electron chi connectivity index (χ2n) is 26.5. The summed E-state index contributed by atoms with van der Waals surface area (Å²) < 4.78 is 47.2. The van der Waals surface area contributed by atoms with E-state index in [4.69, 9.17) is 63.1 Å². The van der Waals surface area contributed by atoms with Crippen molar-refractivity contribution >= 4 is 127 Å².